The van der Waals surface area contributed by atoms with Crippen molar-refractivity contribution in [3.05, 3.63) is 35.1 Å². The van der Waals surface area contributed by atoms with Gasteiger partial charge in [0.1, 0.15) is 5.82 Å². The molecule has 0 radical (unpaired) electrons. The molecule has 0 aliphatic heterocycles. The van der Waals surface area contributed by atoms with Gasteiger partial charge in [0.15, 0.2) is 0 Å². The molecule has 0 atom stereocenters. The maximum absolute atomic E-state index is 13.4. The minimum Gasteiger partial charge on any atom is -0.335 e. The first-order chi connectivity index (χ1) is 10.0. The molecule has 112 valence electrons. The Bertz CT molecular complexity index is 582. The molecule has 1 saturated carbocycles. The van der Waals surface area contributed by atoms with Gasteiger partial charge < -0.3 is 10.6 Å². The van der Waals surface area contributed by atoms with Gasteiger partial charge in [0, 0.05) is 18.2 Å². The number of rotatable bonds is 4. The van der Waals surface area contributed by atoms with Gasteiger partial charge in [-0.2, -0.15) is 0 Å². The van der Waals surface area contributed by atoms with Gasteiger partial charge in [-0.05, 0) is 37.0 Å². The van der Waals surface area contributed by atoms with E-state index in [0.29, 0.717) is 29.6 Å². The molecule has 0 aromatic heterocycles. The van der Waals surface area contributed by atoms with Crippen molar-refractivity contribution in [1.29, 1.82) is 0 Å². The fraction of sp³-hybridized carbons (Fsp3) is 0.471. The van der Waals surface area contributed by atoms with Crippen molar-refractivity contribution in [2.24, 2.45) is 11.7 Å². The van der Waals surface area contributed by atoms with E-state index < -0.39 is 5.82 Å². The summed E-state index contributed by atoms with van der Waals surface area (Å²) in [6.45, 7) is 5.07. The normalized spacial score (nSPS) is 13.8. The lowest BCUT2D eigenvalue weighted by Gasteiger charge is -2.25. The van der Waals surface area contributed by atoms with Crippen LogP contribution in [0.5, 0.6) is 0 Å². The van der Waals surface area contributed by atoms with Gasteiger partial charge in [0.05, 0.1) is 12.1 Å². The second-order valence-electron chi connectivity index (χ2n) is 5.78. The molecule has 1 aromatic rings. The van der Waals surface area contributed by atoms with Crippen molar-refractivity contribution in [1.82, 2.24) is 4.90 Å². The number of halogens is 1. The number of carbonyl (C=O) groups is 1. The summed E-state index contributed by atoms with van der Waals surface area (Å²) in [7, 11) is 0. The van der Waals surface area contributed by atoms with E-state index in [1.807, 2.05) is 4.90 Å². The molecule has 1 aliphatic carbocycles. The van der Waals surface area contributed by atoms with Crippen LogP contribution in [0.3, 0.4) is 0 Å². The Morgan fingerprint density at radius 3 is 2.76 bits per heavy atom. The Kier molecular flexibility index (Phi) is 4.98. The van der Waals surface area contributed by atoms with Crippen molar-refractivity contribution < 1.29 is 9.18 Å². The predicted octanol–water partition coefficient (Wildman–Crippen LogP) is 2.40. The van der Waals surface area contributed by atoms with Crippen LogP contribution in [0.1, 0.15) is 42.6 Å². The maximum atomic E-state index is 13.4. The fourth-order valence-electron chi connectivity index (χ4n) is 2.28. The van der Waals surface area contributed by atoms with Crippen LogP contribution in [0.15, 0.2) is 18.2 Å². The molecular weight excluding hydrogens is 267 g/mol. The lowest BCUT2D eigenvalue weighted by molar-refractivity contribution is 0.0722. The standard InChI is InChI=1S/C17H21FN2O/c1-12(2)11-20(15-6-7-15)17(21)16-8-5-14(18)10-13(16)4-3-9-19/h5,8,10,12,15H,6-7,9,11,19H2,1-2H3. The van der Waals surface area contributed by atoms with Crippen molar-refractivity contribution in [2.75, 3.05) is 13.1 Å². The molecule has 0 saturated heterocycles. The lowest BCUT2D eigenvalue weighted by Crippen LogP contribution is -2.36. The van der Waals surface area contributed by atoms with Gasteiger partial charge in [0.2, 0.25) is 0 Å². The summed E-state index contributed by atoms with van der Waals surface area (Å²) in [5, 5.41) is 0. The molecule has 3 nitrogen and oxygen atoms in total. The van der Waals surface area contributed by atoms with Gasteiger partial charge in [0.25, 0.3) is 5.91 Å². The molecule has 21 heavy (non-hydrogen) atoms. The van der Waals surface area contributed by atoms with Crippen molar-refractivity contribution in [3.63, 3.8) is 0 Å². The zero-order valence-corrected chi connectivity index (χ0v) is 12.5. The van der Waals surface area contributed by atoms with E-state index in [-0.39, 0.29) is 12.5 Å². The van der Waals surface area contributed by atoms with Crippen LogP contribution in [0.25, 0.3) is 0 Å². The largest absolute Gasteiger partial charge is 0.335 e. The molecule has 2 rings (SSSR count). The van der Waals surface area contributed by atoms with E-state index in [1.54, 1.807) is 0 Å². The highest BCUT2D eigenvalue weighted by atomic mass is 19.1. The van der Waals surface area contributed by atoms with Crippen molar-refractivity contribution >= 4 is 5.91 Å². The summed E-state index contributed by atoms with van der Waals surface area (Å²) >= 11 is 0. The van der Waals surface area contributed by atoms with Crippen molar-refractivity contribution in [3.8, 4) is 11.8 Å². The van der Waals surface area contributed by atoms with Gasteiger partial charge in [-0.15, -0.1) is 0 Å². The van der Waals surface area contributed by atoms with Crippen molar-refractivity contribution in [2.45, 2.75) is 32.7 Å². The first-order valence-corrected chi connectivity index (χ1v) is 7.32. The Labute approximate surface area is 125 Å². The molecule has 1 aromatic carbocycles. The van der Waals surface area contributed by atoms with Gasteiger partial charge in [-0.3, -0.25) is 4.79 Å². The number of amides is 1. The minimum atomic E-state index is -0.394. The van der Waals surface area contributed by atoms with Crippen LogP contribution in [-0.2, 0) is 0 Å². The quantitative estimate of drug-likeness (QED) is 0.865. The Morgan fingerprint density at radius 1 is 1.48 bits per heavy atom. The molecule has 0 bridgehead atoms. The molecule has 0 unspecified atom stereocenters. The molecule has 2 N–H and O–H groups in total. The predicted molar refractivity (Wildman–Crippen MR) is 81.2 cm³/mol. The SMILES string of the molecule is CC(C)CN(C(=O)c1ccc(F)cc1C#CCN)C1CC1. The summed E-state index contributed by atoms with van der Waals surface area (Å²) in [5.41, 5.74) is 6.24. The van der Waals surface area contributed by atoms with E-state index >= 15 is 0 Å². The second-order valence-corrected chi connectivity index (χ2v) is 5.78. The third-order valence-electron chi connectivity index (χ3n) is 3.35. The number of nitrogens with two attached hydrogens (primary N) is 1. The van der Waals surface area contributed by atoms with Gasteiger partial charge in [-0.1, -0.05) is 25.7 Å². The summed E-state index contributed by atoms with van der Waals surface area (Å²) in [6.07, 6.45) is 2.09. The highest BCUT2D eigenvalue weighted by Crippen LogP contribution is 2.29. The highest BCUT2D eigenvalue weighted by molar-refractivity contribution is 5.97. The molecule has 1 fully saturated rings. The van der Waals surface area contributed by atoms with Crippen LogP contribution >= 0.6 is 0 Å². The molecular formula is C17H21FN2O. The summed E-state index contributed by atoms with van der Waals surface area (Å²) in [6, 6.07) is 4.45. The van der Waals surface area contributed by atoms with Crippen LogP contribution in [-0.4, -0.2) is 29.9 Å². The topological polar surface area (TPSA) is 46.3 Å². The van der Waals surface area contributed by atoms with E-state index in [2.05, 4.69) is 25.7 Å². The number of benzene rings is 1. The smallest absolute Gasteiger partial charge is 0.255 e. The zero-order valence-electron chi connectivity index (χ0n) is 12.5. The van der Waals surface area contributed by atoms with Gasteiger partial charge >= 0.3 is 0 Å². The number of carbonyl (C=O) groups excluding carboxylic acids is 1. The van der Waals surface area contributed by atoms with Crippen LogP contribution < -0.4 is 5.73 Å². The number of hydrogen-bond acceptors (Lipinski definition) is 2. The fourth-order valence-corrected chi connectivity index (χ4v) is 2.28. The summed E-state index contributed by atoms with van der Waals surface area (Å²) < 4.78 is 13.4. The van der Waals surface area contributed by atoms with Crippen LogP contribution in [0.2, 0.25) is 0 Å². The molecule has 0 heterocycles. The van der Waals surface area contributed by atoms with E-state index in [0.717, 1.165) is 12.8 Å². The van der Waals surface area contributed by atoms with E-state index in [9.17, 15) is 9.18 Å². The number of nitrogens with zero attached hydrogens (tertiary/aromatic N) is 1. The number of hydrogen-bond donors (Lipinski definition) is 1. The second kappa shape index (κ2) is 6.73. The Hall–Kier alpha value is -1.86. The van der Waals surface area contributed by atoms with Crippen LogP contribution in [0, 0.1) is 23.6 Å². The van der Waals surface area contributed by atoms with E-state index in [1.165, 1.54) is 18.2 Å². The molecule has 4 heteroatoms. The Morgan fingerprint density at radius 2 is 2.19 bits per heavy atom. The average Bonchev–Trinajstić information content (AvgIpc) is 3.26. The third kappa shape index (κ3) is 4.05. The zero-order chi connectivity index (χ0) is 15.4. The monoisotopic (exact) mass is 288 g/mol. The first kappa shape index (κ1) is 15.5. The van der Waals surface area contributed by atoms with Crippen LogP contribution in [0.4, 0.5) is 4.39 Å². The molecule has 1 aliphatic rings. The average molecular weight is 288 g/mol. The minimum absolute atomic E-state index is 0.0625. The molecule has 1 amide bonds. The van der Waals surface area contributed by atoms with E-state index in [4.69, 9.17) is 5.73 Å². The molecule has 0 spiro atoms. The summed E-state index contributed by atoms with van der Waals surface area (Å²) in [4.78, 5) is 14.7. The van der Waals surface area contributed by atoms with Gasteiger partial charge in [-0.25, -0.2) is 4.39 Å². The summed E-state index contributed by atoms with van der Waals surface area (Å²) in [5.74, 6) is 5.43. The maximum Gasteiger partial charge on any atom is 0.255 e. The third-order valence-corrected chi connectivity index (χ3v) is 3.35. The highest BCUT2D eigenvalue weighted by Gasteiger charge is 2.33. The first-order valence-electron chi connectivity index (χ1n) is 7.32. The lowest BCUT2D eigenvalue weighted by atomic mass is 10.1. The Balaban J connectivity index is 2.32.